The number of methoxy groups -OCH3 is 2. The highest BCUT2D eigenvalue weighted by Gasteiger charge is 2.23. The molecule has 1 heterocycles. The Kier molecular flexibility index (Phi) is 11.0. The van der Waals surface area contributed by atoms with Gasteiger partial charge in [0.05, 0.1) is 14.2 Å². The van der Waals surface area contributed by atoms with Crippen LogP contribution in [0.25, 0.3) is 6.08 Å². The number of hydrogen-bond acceptors (Lipinski definition) is 7. The molecule has 0 radical (unpaired) electrons. The van der Waals surface area contributed by atoms with Crippen molar-refractivity contribution in [2.75, 3.05) is 24.9 Å². The lowest BCUT2D eigenvalue weighted by Gasteiger charge is -2.18. The second kappa shape index (κ2) is 15.9. The molecule has 3 N–H and O–H groups in total. The molecule has 0 saturated heterocycles. The highest BCUT2D eigenvalue weighted by molar-refractivity contribution is 8.00. The van der Waals surface area contributed by atoms with Gasteiger partial charge in [-0.1, -0.05) is 54.6 Å². The van der Waals surface area contributed by atoms with Crippen LogP contribution in [-0.4, -0.2) is 36.9 Å². The molecular weight excluding hydrogens is 612 g/mol. The number of nitrogens with zero attached hydrogens (tertiary/aromatic N) is 1. The van der Waals surface area contributed by atoms with E-state index in [1.807, 2.05) is 36.4 Å². The van der Waals surface area contributed by atoms with Gasteiger partial charge in [-0.2, -0.15) is 0 Å². The summed E-state index contributed by atoms with van der Waals surface area (Å²) in [6, 6.07) is 33.8. The zero-order valence-electron chi connectivity index (χ0n) is 25.7. The number of ether oxygens (including phenoxy) is 2. The second-order valence-electron chi connectivity index (χ2n) is 10.1. The normalized spacial score (nSPS) is 11.6. The van der Waals surface area contributed by atoms with Gasteiger partial charge in [0.25, 0.3) is 11.8 Å². The molecule has 1 aromatic heterocycles. The van der Waals surface area contributed by atoms with Gasteiger partial charge in [0.15, 0.2) is 0 Å². The van der Waals surface area contributed by atoms with E-state index in [-0.39, 0.29) is 11.6 Å². The smallest absolute Gasteiger partial charge is 0.272 e. The number of pyridine rings is 1. The molecule has 47 heavy (non-hydrogen) atoms. The van der Waals surface area contributed by atoms with Crippen LogP contribution in [0.3, 0.4) is 0 Å². The summed E-state index contributed by atoms with van der Waals surface area (Å²) in [6.07, 6.45) is 4.76. The summed E-state index contributed by atoms with van der Waals surface area (Å²) in [4.78, 5) is 45.1. The monoisotopic (exact) mass is 644 g/mol. The van der Waals surface area contributed by atoms with E-state index in [9.17, 15) is 14.4 Å². The van der Waals surface area contributed by atoms with E-state index in [0.29, 0.717) is 34.0 Å². The second-order valence-corrected chi connectivity index (χ2v) is 11.3. The molecule has 0 saturated carbocycles. The number of benzene rings is 4. The Balaban J connectivity index is 1.41. The Morgan fingerprint density at radius 3 is 2.17 bits per heavy atom. The van der Waals surface area contributed by atoms with Crippen molar-refractivity contribution in [2.24, 2.45) is 0 Å². The molecule has 5 rings (SSSR count). The number of carbonyl (C=O) groups is 3. The highest BCUT2D eigenvalue weighted by atomic mass is 32.2. The van der Waals surface area contributed by atoms with Gasteiger partial charge in [0, 0.05) is 39.8 Å². The van der Waals surface area contributed by atoms with Crippen LogP contribution in [0.15, 0.2) is 138 Å². The molecule has 5 aromatic rings. The molecule has 0 aliphatic heterocycles. The fourth-order valence-corrected chi connectivity index (χ4v) is 5.66. The molecule has 0 aliphatic rings. The SMILES string of the molecule is COc1ccc(OC)c(/C=C(/NC(=O)c2ccccc2)C(=O)Nc2cccc(SC(C(=O)Nc3ccncc3)c3ccccc3)c2)c1. The third kappa shape index (κ3) is 8.86. The summed E-state index contributed by atoms with van der Waals surface area (Å²) < 4.78 is 10.9. The molecule has 1 unspecified atom stereocenters. The zero-order valence-corrected chi connectivity index (χ0v) is 26.5. The van der Waals surface area contributed by atoms with Gasteiger partial charge in [-0.05, 0) is 72.3 Å². The molecule has 4 aromatic carbocycles. The fraction of sp³-hybridized carbons (Fsp3) is 0.0811. The Morgan fingerprint density at radius 2 is 1.47 bits per heavy atom. The first-order valence-corrected chi connectivity index (χ1v) is 15.5. The average molecular weight is 645 g/mol. The highest BCUT2D eigenvalue weighted by Crippen LogP contribution is 2.37. The van der Waals surface area contributed by atoms with E-state index in [0.717, 1.165) is 10.5 Å². The molecule has 236 valence electrons. The van der Waals surface area contributed by atoms with E-state index in [1.54, 1.807) is 91.3 Å². The Hall–Kier alpha value is -5.87. The fourth-order valence-electron chi connectivity index (χ4n) is 4.58. The number of anilines is 2. The maximum Gasteiger partial charge on any atom is 0.272 e. The molecule has 0 bridgehead atoms. The Labute approximate surface area is 277 Å². The first-order chi connectivity index (χ1) is 22.9. The number of nitrogens with one attached hydrogen (secondary N) is 3. The van der Waals surface area contributed by atoms with Gasteiger partial charge in [0.1, 0.15) is 22.4 Å². The van der Waals surface area contributed by atoms with E-state index in [4.69, 9.17) is 9.47 Å². The first-order valence-electron chi connectivity index (χ1n) is 14.6. The largest absolute Gasteiger partial charge is 0.497 e. The summed E-state index contributed by atoms with van der Waals surface area (Å²) in [5.74, 6) is -0.180. The van der Waals surface area contributed by atoms with Crippen molar-refractivity contribution < 1.29 is 23.9 Å². The summed E-state index contributed by atoms with van der Waals surface area (Å²) in [5, 5.41) is 8.01. The minimum absolute atomic E-state index is 0.0117. The van der Waals surface area contributed by atoms with Gasteiger partial charge in [-0.25, -0.2) is 0 Å². The van der Waals surface area contributed by atoms with Crippen LogP contribution in [-0.2, 0) is 9.59 Å². The lowest BCUT2D eigenvalue weighted by Crippen LogP contribution is -2.30. The van der Waals surface area contributed by atoms with Crippen LogP contribution in [0.5, 0.6) is 11.5 Å². The molecule has 0 fully saturated rings. The number of carbonyl (C=O) groups excluding carboxylic acids is 3. The molecular formula is C37H32N4O5S. The van der Waals surface area contributed by atoms with Gasteiger partial charge < -0.3 is 25.4 Å². The van der Waals surface area contributed by atoms with Gasteiger partial charge in [-0.15, -0.1) is 11.8 Å². The zero-order chi connectivity index (χ0) is 33.0. The van der Waals surface area contributed by atoms with Gasteiger partial charge >= 0.3 is 0 Å². The van der Waals surface area contributed by atoms with Crippen LogP contribution >= 0.6 is 11.8 Å². The predicted molar refractivity (Wildman–Crippen MR) is 184 cm³/mol. The van der Waals surface area contributed by atoms with Crippen molar-refractivity contribution >= 4 is 46.9 Å². The van der Waals surface area contributed by atoms with Crippen LogP contribution < -0.4 is 25.4 Å². The van der Waals surface area contributed by atoms with E-state index >= 15 is 0 Å². The summed E-state index contributed by atoms with van der Waals surface area (Å²) >= 11 is 1.34. The Morgan fingerprint density at radius 1 is 0.745 bits per heavy atom. The predicted octanol–water partition coefficient (Wildman–Crippen LogP) is 6.98. The summed E-state index contributed by atoms with van der Waals surface area (Å²) in [7, 11) is 3.06. The average Bonchev–Trinajstić information content (AvgIpc) is 3.11. The van der Waals surface area contributed by atoms with Crippen molar-refractivity contribution in [1.82, 2.24) is 10.3 Å². The minimum Gasteiger partial charge on any atom is -0.497 e. The molecule has 3 amide bonds. The third-order valence-electron chi connectivity index (χ3n) is 6.90. The molecule has 9 nitrogen and oxygen atoms in total. The first kappa shape index (κ1) is 32.5. The van der Waals surface area contributed by atoms with E-state index in [2.05, 4.69) is 20.9 Å². The number of aromatic nitrogens is 1. The van der Waals surface area contributed by atoms with Crippen LogP contribution in [0.1, 0.15) is 26.7 Å². The van der Waals surface area contributed by atoms with Crippen molar-refractivity contribution in [2.45, 2.75) is 10.1 Å². The van der Waals surface area contributed by atoms with Crippen molar-refractivity contribution in [3.63, 3.8) is 0 Å². The van der Waals surface area contributed by atoms with Gasteiger partial charge in [0.2, 0.25) is 5.91 Å². The number of thioether (sulfide) groups is 1. The van der Waals surface area contributed by atoms with Crippen LogP contribution in [0.2, 0.25) is 0 Å². The van der Waals surface area contributed by atoms with E-state index in [1.165, 1.54) is 32.1 Å². The van der Waals surface area contributed by atoms with Crippen LogP contribution in [0, 0.1) is 0 Å². The maximum absolute atomic E-state index is 13.8. The maximum atomic E-state index is 13.8. The Bertz CT molecular complexity index is 1870. The molecule has 0 aliphatic carbocycles. The lowest BCUT2D eigenvalue weighted by atomic mass is 10.1. The topological polar surface area (TPSA) is 119 Å². The third-order valence-corrected chi connectivity index (χ3v) is 8.15. The number of hydrogen-bond donors (Lipinski definition) is 3. The van der Waals surface area contributed by atoms with Crippen molar-refractivity contribution in [1.29, 1.82) is 0 Å². The lowest BCUT2D eigenvalue weighted by molar-refractivity contribution is -0.116. The van der Waals surface area contributed by atoms with Crippen LogP contribution in [0.4, 0.5) is 11.4 Å². The van der Waals surface area contributed by atoms with Crippen molar-refractivity contribution in [3.8, 4) is 11.5 Å². The summed E-state index contributed by atoms with van der Waals surface area (Å²) in [6.45, 7) is 0. The van der Waals surface area contributed by atoms with Gasteiger partial charge in [-0.3, -0.25) is 19.4 Å². The number of amides is 3. The summed E-state index contributed by atoms with van der Waals surface area (Å²) in [5.41, 5.74) is 2.83. The van der Waals surface area contributed by atoms with Crippen molar-refractivity contribution in [3.05, 3.63) is 150 Å². The molecule has 10 heteroatoms. The quantitative estimate of drug-likeness (QED) is 0.0991. The molecule has 1 atom stereocenters. The minimum atomic E-state index is -0.587. The van der Waals surface area contributed by atoms with E-state index < -0.39 is 17.1 Å². The number of rotatable bonds is 12. The molecule has 0 spiro atoms. The standard InChI is InChI=1S/C37H32N4O5S/c1-45-30-16-17-33(46-2)27(22-30)23-32(41-35(42)26-12-7-4-8-13-26)36(43)40-29-14-9-15-31(24-29)47-34(25-10-5-3-6-11-25)37(44)39-28-18-20-38-21-19-28/h3-24,34H,1-2H3,(H,40,43)(H,41,42)(H,38,39,44)/b32-23+.